The van der Waals surface area contributed by atoms with Gasteiger partial charge < -0.3 is 9.72 Å². The van der Waals surface area contributed by atoms with Crippen LogP contribution >= 0.6 is 15.9 Å². The summed E-state index contributed by atoms with van der Waals surface area (Å²) in [5.41, 5.74) is 0.483. The van der Waals surface area contributed by atoms with Gasteiger partial charge in [-0.2, -0.15) is 0 Å². The highest BCUT2D eigenvalue weighted by atomic mass is 79.9. The molecule has 0 saturated carbocycles. The van der Waals surface area contributed by atoms with Gasteiger partial charge in [0.1, 0.15) is 12.3 Å². The van der Waals surface area contributed by atoms with Crippen LogP contribution in [0, 0.1) is 0 Å². The highest BCUT2D eigenvalue weighted by Crippen LogP contribution is 2.16. The molecule has 0 aliphatic rings. The number of halogens is 1. The number of esters is 1. The summed E-state index contributed by atoms with van der Waals surface area (Å²) >= 11 is 3.38. The SMILES string of the molecule is CC(C)(Br)COC(=O)c1ccc[nH]1. The zero-order valence-corrected chi connectivity index (χ0v) is 9.22. The second-order valence-corrected chi connectivity index (χ2v) is 5.53. The van der Waals surface area contributed by atoms with Crippen molar-refractivity contribution in [1.29, 1.82) is 0 Å². The number of alkyl halides is 1. The van der Waals surface area contributed by atoms with Gasteiger partial charge in [-0.15, -0.1) is 0 Å². The average molecular weight is 246 g/mol. The predicted molar refractivity (Wildman–Crippen MR) is 54.1 cm³/mol. The van der Waals surface area contributed by atoms with Gasteiger partial charge >= 0.3 is 5.97 Å². The molecule has 0 aromatic carbocycles. The smallest absolute Gasteiger partial charge is 0.354 e. The van der Waals surface area contributed by atoms with E-state index in [0.717, 1.165) is 0 Å². The van der Waals surface area contributed by atoms with E-state index in [2.05, 4.69) is 20.9 Å². The topological polar surface area (TPSA) is 42.1 Å². The van der Waals surface area contributed by atoms with Crippen LogP contribution in [-0.4, -0.2) is 21.9 Å². The van der Waals surface area contributed by atoms with E-state index in [4.69, 9.17) is 4.74 Å². The number of H-pyrrole nitrogens is 1. The van der Waals surface area contributed by atoms with Gasteiger partial charge in [-0.1, -0.05) is 15.9 Å². The zero-order valence-electron chi connectivity index (χ0n) is 7.63. The van der Waals surface area contributed by atoms with Gasteiger partial charge in [0, 0.05) is 6.20 Å². The molecule has 0 aliphatic carbocycles. The van der Waals surface area contributed by atoms with Crippen molar-refractivity contribution in [2.24, 2.45) is 0 Å². The van der Waals surface area contributed by atoms with Crippen molar-refractivity contribution in [3.63, 3.8) is 0 Å². The average Bonchev–Trinajstić information content (AvgIpc) is 2.50. The highest BCUT2D eigenvalue weighted by Gasteiger charge is 2.16. The first-order valence-corrected chi connectivity index (χ1v) is 4.78. The summed E-state index contributed by atoms with van der Waals surface area (Å²) in [7, 11) is 0. The first-order valence-electron chi connectivity index (χ1n) is 3.98. The summed E-state index contributed by atoms with van der Waals surface area (Å²) < 4.78 is 4.86. The standard InChI is InChI=1S/C9H12BrNO2/c1-9(2,10)6-13-8(12)7-4-3-5-11-7/h3-5,11H,6H2,1-2H3. The molecule has 4 heteroatoms. The van der Waals surface area contributed by atoms with E-state index >= 15 is 0 Å². The lowest BCUT2D eigenvalue weighted by Crippen LogP contribution is -2.21. The molecule has 1 heterocycles. The second-order valence-electron chi connectivity index (χ2n) is 3.38. The number of rotatable bonds is 3. The second kappa shape index (κ2) is 3.96. The van der Waals surface area contributed by atoms with Crippen LogP contribution in [0.2, 0.25) is 0 Å². The first kappa shape index (κ1) is 10.3. The largest absolute Gasteiger partial charge is 0.460 e. The van der Waals surface area contributed by atoms with E-state index in [0.29, 0.717) is 12.3 Å². The Balaban J connectivity index is 2.44. The maximum Gasteiger partial charge on any atom is 0.354 e. The van der Waals surface area contributed by atoms with E-state index in [1.165, 1.54) is 0 Å². The van der Waals surface area contributed by atoms with E-state index in [-0.39, 0.29) is 10.3 Å². The maximum atomic E-state index is 11.3. The number of ether oxygens (including phenoxy) is 1. The lowest BCUT2D eigenvalue weighted by Gasteiger charge is -2.15. The monoisotopic (exact) mass is 245 g/mol. The fraction of sp³-hybridized carbons (Fsp3) is 0.444. The highest BCUT2D eigenvalue weighted by molar-refractivity contribution is 9.10. The van der Waals surface area contributed by atoms with Gasteiger partial charge in [0.05, 0.1) is 4.32 Å². The van der Waals surface area contributed by atoms with Crippen molar-refractivity contribution in [2.75, 3.05) is 6.61 Å². The lowest BCUT2D eigenvalue weighted by atomic mass is 10.2. The third-order valence-corrected chi connectivity index (χ3v) is 1.59. The van der Waals surface area contributed by atoms with Crippen molar-refractivity contribution >= 4 is 21.9 Å². The predicted octanol–water partition coefficient (Wildman–Crippen LogP) is 2.34. The van der Waals surface area contributed by atoms with Gasteiger partial charge in [-0.3, -0.25) is 0 Å². The molecule has 13 heavy (non-hydrogen) atoms. The number of hydrogen-bond donors (Lipinski definition) is 1. The Morgan fingerprint density at radius 1 is 1.69 bits per heavy atom. The third-order valence-electron chi connectivity index (χ3n) is 1.36. The number of aromatic amines is 1. The fourth-order valence-corrected chi connectivity index (χ4v) is 0.887. The Bertz CT molecular complexity index is 274. The number of carbonyl (C=O) groups excluding carboxylic acids is 1. The summed E-state index contributed by atoms with van der Waals surface area (Å²) in [6, 6.07) is 3.44. The molecule has 0 bridgehead atoms. The van der Waals surface area contributed by atoms with Gasteiger partial charge in [0.25, 0.3) is 0 Å². The van der Waals surface area contributed by atoms with Gasteiger partial charge in [0.15, 0.2) is 0 Å². The molecule has 0 radical (unpaired) electrons. The Kier molecular flexibility index (Phi) is 3.14. The first-order chi connectivity index (χ1) is 5.99. The van der Waals surface area contributed by atoms with Crippen LogP contribution in [0.3, 0.4) is 0 Å². The molecule has 1 aromatic heterocycles. The number of aromatic nitrogens is 1. The van der Waals surface area contributed by atoms with Crippen molar-refractivity contribution < 1.29 is 9.53 Å². The van der Waals surface area contributed by atoms with Crippen molar-refractivity contribution in [1.82, 2.24) is 4.98 Å². The Morgan fingerprint density at radius 2 is 2.38 bits per heavy atom. The molecule has 1 N–H and O–H groups in total. The molecule has 0 aliphatic heterocycles. The molecule has 0 amide bonds. The molecular weight excluding hydrogens is 234 g/mol. The van der Waals surface area contributed by atoms with Crippen molar-refractivity contribution in [3.05, 3.63) is 24.0 Å². The molecule has 72 valence electrons. The van der Waals surface area contributed by atoms with Gasteiger partial charge in [-0.05, 0) is 26.0 Å². The van der Waals surface area contributed by atoms with E-state index < -0.39 is 0 Å². The number of hydrogen-bond acceptors (Lipinski definition) is 2. The number of nitrogens with one attached hydrogen (secondary N) is 1. The molecule has 0 fully saturated rings. The van der Waals surface area contributed by atoms with Crippen LogP contribution in [0.5, 0.6) is 0 Å². The zero-order chi connectivity index (χ0) is 9.90. The van der Waals surface area contributed by atoms with Crippen LogP contribution in [-0.2, 0) is 4.74 Å². The molecule has 0 unspecified atom stereocenters. The van der Waals surface area contributed by atoms with Gasteiger partial charge in [0.2, 0.25) is 0 Å². The molecule has 0 saturated heterocycles. The minimum atomic E-state index is -0.322. The summed E-state index contributed by atoms with van der Waals surface area (Å²) in [5, 5.41) is 0. The molecule has 0 spiro atoms. The molecule has 3 nitrogen and oxygen atoms in total. The quantitative estimate of drug-likeness (QED) is 0.657. The summed E-state index contributed by atoms with van der Waals surface area (Å²) in [6.07, 6.45) is 1.69. The van der Waals surface area contributed by atoms with Crippen molar-refractivity contribution in [3.8, 4) is 0 Å². The Labute approximate surface area is 85.6 Å². The molecular formula is C9H12BrNO2. The minimum Gasteiger partial charge on any atom is -0.460 e. The van der Waals surface area contributed by atoms with E-state index in [1.54, 1.807) is 18.3 Å². The maximum absolute atomic E-state index is 11.3. The lowest BCUT2D eigenvalue weighted by molar-refractivity contribution is 0.0474. The van der Waals surface area contributed by atoms with Crippen LogP contribution in [0.15, 0.2) is 18.3 Å². The van der Waals surface area contributed by atoms with Gasteiger partial charge in [-0.25, -0.2) is 4.79 Å². The Morgan fingerprint density at radius 3 is 2.85 bits per heavy atom. The summed E-state index contributed by atoms with van der Waals surface area (Å²) in [6.45, 7) is 4.23. The number of carbonyl (C=O) groups is 1. The fourth-order valence-electron chi connectivity index (χ4n) is 0.772. The van der Waals surface area contributed by atoms with E-state index in [9.17, 15) is 4.79 Å². The Hall–Kier alpha value is -0.770. The minimum absolute atomic E-state index is 0.171. The molecule has 0 atom stereocenters. The van der Waals surface area contributed by atoms with Crippen LogP contribution in [0.25, 0.3) is 0 Å². The third kappa shape index (κ3) is 3.63. The van der Waals surface area contributed by atoms with Crippen LogP contribution in [0.1, 0.15) is 24.3 Å². The van der Waals surface area contributed by atoms with E-state index in [1.807, 2.05) is 13.8 Å². The normalized spacial score (nSPS) is 11.3. The summed E-state index contributed by atoms with van der Waals surface area (Å²) in [4.78, 5) is 14.1. The molecule has 1 aromatic rings. The summed E-state index contributed by atoms with van der Waals surface area (Å²) in [5.74, 6) is -0.322. The van der Waals surface area contributed by atoms with Crippen LogP contribution in [0.4, 0.5) is 0 Å². The molecule has 1 rings (SSSR count). The van der Waals surface area contributed by atoms with Crippen LogP contribution < -0.4 is 0 Å². The van der Waals surface area contributed by atoms with Crippen molar-refractivity contribution in [2.45, 2.75) is 18.2 Å².